The van der Waals surface area contributed by atoms with Gasteiger partial charge in [-0.1, -0.05) is 0 Å². The van der Waals surface area contributed by atoms with E-state index in [1.807, 2.05) is 0 Å². The number of rotatable bonds is 4. The molecule has 15 heavy (non-hydrogen) atoms. The second kappa shape index (κ2) is 4.63. The molecule has 1 rings (SSSR count). The quantitative estimate of drug-likeness (QED) is 0.618. The van der Waals surface area contributed by atoms with Crippen LogP contribution in [-0.4, -0.2) is 22.9 Å². The molecular formula is C8H9F2N3O2. The summed E-state index contributed by atoms with van der Waals surface area (Å²) < 4.78 is 23.7. The van der Waals surface area contributed by atoms with Crippen molar-refractivity contribution in [1.29, 1.82) is 0 Å². The predicted molar refractivity (Wildman–Crippen MR) is 50.1 cm³/mol. The van der Waals surface area contributed by atoms with E-state index in [4.69, 9.17) is 0 Å². The van der Waals surface area contributed by atoms with Crippen molar-refractivity contribution < 1.29 is 13.7 Å². The van der Waals surface area contributed by atoms with Gasteiger partial charge < -0.3 is 5.32 Å². The minimum absolute atomic E-state index is 0.127. The summed E-state index contributed by atoms with van der Waals surface area (Å²) in [6.45, 7) is 0.927. The summed E-state index contributed by atoms with van der Waals surface area (Å²) in [5, 5.41) is 12.8. The Morgan fingerprint density at radius 3 is 2.73 bits per heavy atom. The van der Waals surface area contributed by atoms with Crippen LogP contribution in [0.1, 0.15) is 5.69 Å². The monoisotopic (exact) mass is 217 g/mol. The van der Waals surface area contributed by atoms with Gasteiger partial charge in [0.1, 0.15) is 11.5 Å². The van der Waals surface area contributed by atoms with E-state index >= 15 is 0 Å². The fraction of sp³-hybridized carbons (Fsp3) is 0.375. The maximum absolute atomic E-state index is 11.8. The lowest BCUT2D eigenvalue weighted by molar-refractivity contribution is -0.385. The first-order valence-electron chi connectivity index (χ1n) is 4.14. The molecule has 0 saturated heterocycles. The maximum atomic E-state index is 11.8. The van der Waals surface area contributed by atoms with Gasteiger partial charge in [-0.05, 0) is 13.0 Å². The summed E-state index contributed by atoms with van der Waals surface area (Å²) in [6, 6.07) is 2.53. The first-order valence-corrected chi connectivity index (χ1v) is 4.14. The molecule has 0 atom stereocenters. The van der Waals surface area contributed by atoms with Crippen molar-refractivity contribution in [2.24, 2.45) is 0 Å². The smallest absolute Gasteiger partial charge is 0.290 e. The van der Waals surface area contributed by atoms with Crippen molar-refractivity contribution in [3.8, 4) is 0 Å². The van der Waals surface area contributed by atoms with Crippen molar-refractivity contribution in [2.75, 3.05) is 11.9 Å². The summed E-state index contributed by atoms with van der Waals surface area (Å²) in [6.07, 6.45) is -2.48. The van der Waals surface area contributed by atoms with E-state index in [0.29, 0.717) is 0 Å². The zero-order valence-corrected chi connectivity index (χ0v) is 7.91. The molecule has 0 amide bonds. The normalized spacial score (nSPS) is 10.4. The zero-order chi connectivity index (χ0) is 11.4. The Morgan fingerprint density at radius 1 is 1.60 bits per heavy atom. The van der Waals surface area contributed by atoms with Gasteiger partial charge in [0.25, 0.3) is 12.1 Å². The molecule has 82 valence electrons. The van der Waals surface area contributed by atoms with E-state index in [1.165, 1.54) is 19.1 Å². The Labute approximate surface area is 84.3 Å². The topological polar surface area (TPSA) is 68.1 Å². The van der Waals surface area contributed by atoms with Crippen molar-refractivity contribution in [3.05, 3.63) is 27.9 Å². The van der Waals surface area contributed by atoms with Crippen LogP contribution < -0.4 is 5.32 Å². The third-order valence-electron chi connectivity index (χ3n) is 1.69. The van der Waals surface area contributed by atoms with Gasteiger partial charge in [-0.3, -0.25) is 10.1 Å². The lowest BCUT2D eigenvalue weighted by Gasteiger charge is -2.05. The number of nitrogens with zero attached hydrogens (tertiary/aromatic N) is 2. The van der Waals surface area contributed by atoms with Crippen LogP contribution in [0.2, 0.25) is 0 Å². The molecule has 0 fully saturated rings. The summed E-state index contributed by atoms with van der Waals surface area (Å²) in [4.78, 5) is 13.6. The van der Waals surface area contributed by atoms with Crippen LogP contribution in [0, 0.1) is 17.0 Å². The van der Waals surface area contributed by atoms with Crippen LogP contribution in [0.15, 0.2) is 12.1 Å². The summed E-state index contributed by atoms with van der Waals surface area (Å²) in [5.74, 6) is 0.207. The van der Waals surface area contributed by atoms with E-state index in [2.05, 4.69) is 10.3 Å². The Hall–Kier alpha value is -1.79. The third kappa shape index (κ3) is 3.12. The molecule has 7 heteroatoms. The highest BCUT2D eigenvalue weighted by Gasteiger charge is 2.12. The molecule has 0 saturated carbocycles. The standard InChI is InChI=1S/C8H9F2N3O2/c1-5-6(13(14)15)2-3-8(12-5)11-4-7(9)10/h2-3,7H,4H2,1H3,(H,11,12). The Morgan fingerprint density at radius 2 is 2.27 bits per heavy atom. The first-order chi connectivity index (χ1) is 7.00. The fourth-order valence-corrected chi connectivity index (χ4v) is 1.03. The molecule has 1 aromatic rings. The second-order valence-electron chi connectivity index (χ2n) is 2.83. The van der Waals surface area contributed by atoms with E-state index in [9.17, 15) is 18.9 Å². The average Bonchev–Trinajstić information content (AvgIpc) is 2.14. The molecule has 1 N–H and O–H groups in total. The van der Waals surface area contributed by atoms with Gasteiger partial charge in [0.15, 0.2) is 0 Å². The van der Waals surface area contributed by atoms with Crippen LogP contribution in [0.3, 0.4) is 0 Å². The van der Waals surface area contributed by atoms with Gasteiger partial charge in [-0.15, -0.1) is 0 Å². The molecule has 0 unspecified atom stereocenters. The van der Waals surface area contributed by atoms with E-state index in [0.717, 1.165) is 0 Å². The summed E-state index contributed by atoms with van der Waals surface area (Å²) in [5.41, 5.74) is 0.0665. The lowest BCUT2D eigenvalue weighted by Crippen LogP contribution is -2.11. The number of hydrogen-bond acceptors (Lipinski definition) is 4. The molecule has 0 aromatic carbocycles. The molecule has 0 bridgehead atoms. The van der Waals surface area contributed by atoms with E-state index in [-0.39, 0.29) is 17.2 Å². The predicted octanol–water partition coefficient (Wildman–Crippen LogP) is 1.98. The molecule has 0 aliphatic rings. The van der Waals surface area contributed by atoms with Gasteiger partial charge in [0.2, 0.25) is 0 Å². The van der Waals surface area contributed by atoms with Crippen LogP contribution in [0.5, 0.6) is 0 Å². The number of alkyl halides is 2. The number of hydrogen-bond donors (Lipinski definition) is 1. The van der Waals surface area contributed by atoms with Crippen molar-refractivity contribution in [2.45, 2.75) is 13.3 Å². The number of pyridine rings is 1. The molecule has 1 heterocycles. The largest absolute Gasteiger partial charge is 0.364 e. The number of aromatic nitrogens is 1. The minimum Gasteiger partial charge on any atom is -0.364 e. The van der Waals surface area contributed by atoms with Gasteiger partial charge >= 0.3 is 0 Å². The molecular weight excluding hydrogens is 208 g/mol. The number of nitrogens with one attached hydrogen (secondary N) is 1. The summed E-state index contributed by atoms with van der Waals surface area (Å²) in [7, 11) is 0. The van der Waals surface area contributed by atoms with Crippen molar-refractivity contribution in [3.63, 3.8) is 0 Å². The highest BCUT2D eigenvalue weighted by molar-refractivity contribution is 5.44. The lowest BCUT2D eigenvalue weighted by atomic mass is 10.3. The van der Waals surface area contributed by atoms with E-state index < -0.39 is 17.9 Å². The van der Waals surface area contributed by atoms with E-state index in [1.54, 1.807) is 0 Å². The fourth-order valence-electron chi connectivity index (χ4n) is 1.03. The number of halogens is 2. The van der Waals surface area contributed by atoms with Gasteiger partial charge in [0.05, 0.1) is 11.5 Å². The molecule has 0 radical (unpaired) electrons. The highest BCUT2D eigenvalue weighted by Crippen LogP contribution is 2.17. The Kier molecular flexibility index (Phi) is 3.48. The molecule has 0 aliphatic carbocycles. The number of nitro groups is 1. The second-order valence-corrected chi connectivity index (χ2v) is 2.83. The SMILES string of the molecule is Cc1nc(NCC(F)F)ccc1[N+](=O)[O-]. The highest BCUT2D eigenvalue weighted by atomic mass is 19.3. The average molecular weight is 217 g/mol. The van der Waals surface area contributed by atoms with Crippen LogP contribution >= 0.6 is 0 Å². The zero-order valence-electron chi connectivity index (χ0n) is 7.91. The van der Waals surface area contributed by atoms with Gasteiger partial charge in [-0.25, -0.2) is 13.8 Å². The van der Waals surface area contributed by atoms with Gasteiger partial charge in [0, 0.05) is 6.07 Å². The molecule has 0 spiro atoms. The minimum atomic E-state index is -2.48. The van der Waals surface area contributed by atoms with Gasteiger partial charge in [-0.2, -0.15) is 0 Å². The third-order valence-corrected chi connectivity index (χ3v) is 1.69. The van der Waals surface area contributed by atoms with Crippen LogP contribution in [0.25, 0.3) is 0 Å². The first kappa shape index (κ1) is 11.3. The Bertz CT molecular complexity index is 371. The van der Waals surface area contributed by atoms with Crippen molar-refractivity contribution >= 4 is 11.5 Å². The number of anilines is 1. The molecule has 5 nitrogen and oxygen atoms in total. The summed E-state index contributed by atoms with van der Waals surface area (Å²) >= 11 is 0. The van der Waals surface area contributed by atoms with Crippen LogP contribution in [-0.2, 0) is 0 Å². The Balaban J connectivity index is 2.78. The molecule has 0 aliphatic heterocycles. The van der Waals surface area contributed by atoms with Crippen LogP contribution in [0.4, 0.5) is 20.3 Å². The van der Waals surface area contributed by atoms with Crippen molar-refractivity contribution in [1.82, 2.24) is 4.98 Å². The maximum Gasteiger partial charge on any atom is 0.290 e. The molecule has 1 aromatic heterocycles. The number of aryl methyl sites for hydroxylation is 1.